The second-order valence-corrected chi connectivity index (χ2v) is 11.6. The Labute approximate surface area is 135 Å². The van der Waals surface area contributed by atoms with E-state index in [9.17, 15) is 5.11 Å². The number of hydrogen-bond donors (Lipinski definition) is 1. The zero-order valence-electron chi connectivity index (χ0n) is 14.1. The van der Waals surface area contributed by atoms with Gasteiger partial charge in [0.15, 0.2) is 5.60 Å². The molecule has 2 aromatic rings. The normalized spacial score (nSPS) is 13.9. The van der Waals surface area contributed by atoms with E-state index in [0.29, 0.717) is 0 Å². The molecule has 2 rings (SSSR count). The minimum atomic E-state index is -1.59. The zero-order valence-corrected chi connectivity index (χ0v) is 15.1. The quantitative estimate of drug-likeness (QED) is 0.643. The fourth-order valence-electron chi connectivity index (χ4n) is 2.62. The van der Waals surface area contributed by atoms with Crippen molar-refractivity contribution in [1.29, 1.82) is 0 Å². The highest BCUT2D eigenvalue weighted by Gasteiger charge is 2.32. The van der Waals surface area contributed by atoms with Gasteiger partial charge in [-0.05, 0) is 25.0 Å². The van der Waals surface area contributed by atoms with Gasteiger partial charge in [0, 0.05) is 11.1 Å². The molecule has 0 fully saturated rings. The van der Waals surface area contributed by atoms with Crippen molar-refractivity contribution in [2.75, 3.05) is 0 Å². The second-order valence-electron chi connectivity index (χ2n) is 6.84. The number of hydrogen-bond acceptors (Lipinski definition) is 1. The van der Waals surface area contributed by atoms with Crippen LogP contribution in [-0.4, -0.2) is 13.2 Å². The Balaban J connectivity index is 2.73. The maximum atomic E-state index is 11.5. The molecule has 114 valence electrons. The summed E-state index contributed by atoms with van der Waals surface area (Å²) in [7, 11) is -1.59. The number of benzene rings is 2. The van der Waals surface area contributed by atoms with E-state index in [1.807, 2.05) is 62.4 Å². The summed E-state index contributed by atoms with van der Waals surface area (Å²) in [5.74, 6) is 3.22. The lowest BCUT2D eigenvalue weighted by Crippen LogP contribution is -2.29. The second kappa shape index (κ2) is 6.12. The monoisotopic (exact) mass is 308 g/mol. The summed E-state index contributed by atoms with van der Waals surface area (Å²) >= 11 is 0. The van der Waals surface area contributed by atoms with Crippen LogP contribution < -0.4 is 0 Å². The van der Waals surface area contributed by atoms with Gasteiger partial charge in [0.2, 0.25) is 0 Å². The predicted molar refractivity (Wildman–Crippen MR) is 96.5 cm³/mol. The Morgan fingerprint density at radius 2 is 1.41 bits per heavy atom. The van der Waals surface area contributed by atoms with Crippen LogP contribution in [0.5, 0.6) is 0 Å². The molecule has 1 N–H and O–H groups in total. The fourth-order valence-corrected chi connectivity index (χ4v) is 3.18. The van der Waals surface area contributed by atoms with Crippen LogP contribution in [0.15, 0.2) is 48.5 Å². The first-order chi connectivity index (χ1) is 10.2. The van der Waals surface area contributed by atoms with Crippen LogP contribution in [0.25, 0.3) is 0 Å². The van der Waals surface area contributed by atoms with Gasteiger partial charge in [0.25, 0.3) is 0 Å². The van der Waals surface area contributed by atoms with Crippen LogP contribution in [0.4, 0.5) is 0 Å². The minimum absolute atomic E-state index is 0.832. The lowest BCUT2D eigenvalue weighted by molar-refractivity contribution is 0.144. The van der Waals surface area contributed by atoms with E-state index in [-0.39, 0.29) is 0 Å². The molecule has 0 saturated heterocycles. The van der Waals surface area contributed by atoms with Crippen LogP contribution in [0.1, 0.15) is 22.3 Å². The van der Waals surface area contributed by atoms with E-state index in [0.717, 1.165) is 22.3 Å². The molecule has 2 heteroatoms. The average molecular weight is 308 g/mol. The third-order valence-corrected chi connectivity index (χ3v) is 4.53. The Morgan fingerprint density at radius 3 is 1.91 bits per heavy atom. The van der Waals surface area contributed by atoms with Gasteiger partial charge in [0.1, 0.15) is 8.07 Å². The molecule has 0 aromatic heterocycles. The van der Waals surface area contributed by atoms with Crippen molar-refractivity contribution in [2.45, 2.75) is 39.1 Å². The van der Waals surface area contributed by atoms with Gasteiger partial charge in [0.05, 0.1) is 0 Å². The standard InChI is InChI=1S/C20H24OSi/c1-16-10-9-11-17(2)19(16)20(21,14-15-22(3,4)5)18-12-7-6-8-13-18/h6-13,21H,1-5H3. The van der Waals surface area contributed by atoms with Crippen molar-refractivity contribution in [1.82, 2.24) is 0 Å². The van der Waals surface area contributed by atoms with Gasteiger partial charge < -0.3 is 5.11 Å². The molecule has 0 radical (unpaired) electrons. The molecular weight excluding hydrogens is 284 g/mol. The van der Waals surface area contributed by atoms with Crippen LogP contribution in [0, 0.1) is 25.3 Å². The maximum absolute atomic E-state index is 11.5. The smallest absolute Gasteiger partial charge is 0.176 e. The summed E-state index contributed by atoms with van der Waals surface area (Å²) in [6, 6.07) is 15.8. The first-order valence-corrected chi connectivity index (χ1v) is 11.1. The van der Waals surface area contributed by atoms with Gasteiger partial charge in [-0.3, -0.25) is 0 Å². The number of aryl methyl sites for hydroxylation is 2. The van der Waals surface area contributed by atoms with E-state index in [1.54, 1.807) is 0 Å². The lowest BCUT2D eigenvalue weighted by Gasteiger charge is -2.28. The van der Waals surface area contributed by atoms with E-state index in [2.05, 4.69) is 31.1 Å². The molecule has 2 aromatic carbocycles. The van der Waals surface area contributed by atoms with E-state index >= 15 is 0 Å². The molecule has 1 nitrogen and oxygen atoms in total. The predicted octanol–water partition coefficient (Wildman–Crippen LogP) is 4.42. The van der Waals surface area contributed by atoms with Gasteiger partial charge in [-0.25, -0.2) is 0 Å². The molecule has 22 heavy (non-hydrogen) atoms. The highest BCUT2D eigenvalue weighted by molar-refractivity contribution is 6.83. The van der Waals surface area contributed by atoms with Crippen molar-refractivity contribution in [3.63, 3.8) is 0 Å². The average Bonchev–Trinajstić information content (AvgIpc) is 2.45. The molecule has 1 unspecified atom stereocenters. The largest absolute Gasteiger partial charge is 0.369 e. The SMILES string of the molecule is Cc1cccc(C)c1C(O)(C#C[Si](C)(C)C)c1ccccc1. The zero-order chi connectivity index (χ0) is 16.4. The molecule has 0 spiro atoms. The van der Waals surface area contributed by atoms with Crippen molar-refractivity contribution >= 4 is 8.07 Å². The van der Waals surface area contributed by atoms with Crippen LogP contribution in [0.3, 0.4) is 0 Å². The third-order valence-electron chi connectivity index (χ3n) is 3.65. The molecule has 1 atom stereocenters. The fraction of sp³-hybridized carbons (Fsp3) is 0.300. The number of aliphatic hydroxyl groups is 1. The van der Waals surface area contributed by atoms with E-state index in [4.69, 9.17) is 0 Å². The highest BCUT2D eigenvalue weighted by atomic mass is 28.3. The van der Waals surface area contributed by atoms with Crippen molar-refractivity contribution < 1.29 is 5.11 Å². The van der Waals surface area contributed by atoms with Crippen molar-refractivity contribution in [2.24, 2.45) is 0 Å². The first kappa shape index (κ1) is 16.5. The highest BCUT2D eigenvalue weighted by Crippen LogP contribution is 2.33. The Kier molecular flexibility index (Phi) is 4.60. The van der Waals surface area contributed by atoms with Crippen LogP contribution in [0.2, 0.25) is 19.6 Å². The lowest BCUT2D eigenvalue weighted by atomic mass is 9.82. The molecule has 0 bridgehead atoms. The van der Waals surface area contributed by atoms with Crippen LogP contribution in [-0.2, 0) is 5.60 Å². The third kappa shape index (κ3) is 3.49. The van der Waals surface area contributed by atoms with Gasteiger partial charge >= 0.3 is 0 Å². The summed E-state index contributed by atoms with van der Waals surface area (Å²) in [6.07, 6.45) is 0. The Bertz CT molecular complexity index is 697. The van der Waals surface area contributed by atoms with E-state index in [1.165, 1.54) is 0 Å². The Morgan fingerprint density at radius 1 is 0.864 bits per heavy atom. The van der Waals surface area contributed by atoms with Crippen LogP contribution >= 0.6 is 0 Å². The summed E-state index contributed by atoms with van der Waals surface area (Å²) in [5, 5.41) is 11.5. The maximum Gasteiger partial charge on any atom is 0.176 e. The summed E-state index contributed by atoms with van der Waals surface area (Å²) in [5.41, 5.74) is 5.97. The van der Waals surface area contributed by atoms with Gasteiger partial charge in [-0.2, -0.15) is 0 Å². The Hall–Kier alpha value is -1.82. The van der Waals surface area contributed by atoms with E-state index < -0.39 is 13.7 Å². The first-order valence-electron chi connectivity index (χ1n) is 7.63. The molecule has 0 aliphatic rings. The molecule has 0 heterocycles. The summed E-state index contributed by atoms with van der Waals surface area (Å²) in [4.78, 5) is 0. The molecule has 0 aliphatic carbocycles. The van der Waals surface area contributed by atoms with Crippen molar-refractivity contribution in [3.05, 3.63) is 70.8 Å². The minimum Gasteiger partial charge on any atom is -0.369 e. The topological polar surface area (TPSA) is 20.2 Å². The summed E-state index contributed by atoms with van der Waals surface area (Å²) in [6.45, 7) is 10.6. The molecule has 0 amide bonds. The summed E-state index contributed by atoms with van der Waals surface area (Å²) < 4.78 is 0. The molecular formula is C20H24OSi. The molecule has 0 aliphatic heterocycles. The van der Waals surface area contributed by atoms with Gasteiger partial charge in [-0.15, -0.1) is 5.54 Å². The number of rotatable bonds is 2. The van der Waals surface area contributed by atoms with Crippen molar-refractivity contribution in [3.8, 4) is 11.5 Å². The molecule has 0 saturated carbocycles. The van der Waals surface area contributed by atoms with Gasteiger partial charge in [-0.1, -0.05) is 74.1 Å².